The van der Waals surface area contributed by atoms with E-state index < -0.39 is 0 Å². The standard InChI is InChI=1S/C22H18N2O3S/c1-26-16-11-12-18-20(13-16)28-22(23-18)24-21(25)14-27-19-10-6-5-9-17(19)15-7-3-2-4-8-15/h2-13H,14H2,1H3,(H,23,24,25). The van der Waals surface area contributed by atoms with E-state index in [4.69, 9.17) is 9.47 Å². The maximum atomic E-state index is 12.3. The molecule has 1 aromatic heterocycles. The number of rotatable bonds is 6. The Labute approximate surface area is 166 Å². The van der Waals surface area contributed by atoms with Crippen LogP contribution in [-0.2, 0) is 4.79 Å². The number of nitrogens with zero attached hydrogens (tertiary/aromatic N) is 1. The number of benzene rings is 3. The highest BCUT2D eigenvalue weighted by Gasteiger charge is 2.11. The molecule has 0 aliphatic carbocycles. The lowest BCUT2D eigenvalue weighted by atomic mass is 10.1. The van der Waals surface area contributed by atoms with E-state index in [0.29, 0.717) is 10.9 Å². The molecule has 0 radical (unpaired) electrons. The average molecular weight is 390 g/mol. The largest absolute Gasteiger partial charge is 0.497 e. The molecule has 0 saturated heterocycles. The number of ether oxygens (including phenoxy) is 2. The Morgan fingerprint density at radius 1 is 1.04 bits per heavy atom. The molecular formula is C22H18N2O3S. The topological polar surface area (TPSA) is 60.5 Å². The quantitative estimate of drug-likeness (QED) is 0.504. The molecule has 4 aromatic rings. The van der Waals surface area contributed by atoms with Crippen LogP contribution < -0.4 is 14.8 Å². The van der Waals surface area contributed by atoms with Gasteiger partial charge < -0.3 is 9.47 Å². The molecule has 6 heteroatoms. The maximum Gasteiger partial charge on any atom is 0.264 e. The number of hydrogen-bond donors (Lipinski definition) is 1. The van der Waals surface area contributed by atoms with Crippen molar-refractivity contribution in [3.8, 4) is 22.6 Å². The van der Waals surface area contributed by atoms with Crippen LogP contribution in [0.4, 0.5) is 5.13 Å². The van der Waals surface area contributed by atoms with Crippen molar-refractivity contribution < 1.29 is 14.3 Å². The van der Waals surface area contributed by atoms with Gasteiger partial charge in [-0.05, 0) is 29.8 Å². The number of methoxy groups -OCH3 is 1. The second kappa shape index (κ2) is 8.10. The van der Waals surface area contributed by atoms with Crippen molar-refractivity contribution in [1.82, 2.24) is 4.98 Å². The van der Waals surface area contributed by atoms with Gasteiger partial charge in [-0.2, -0.15) is 0 Å². The molecule has 0 bridgehead atoms. The highest BCUT2D eigenvalue weighted by Crippen LogP contribution is 2.30. The molecule has 0 saturated carbocycles. The van der Waals surface area contributed by atoms with Crippen LogP contribution >= 0.6 is 11.3 Å². The summed E-state index contributed by atoms with van der Waals surface area (Å²) in [6.07, 6.45) is 0. The first-order valence-electron chi connectivity index (χ1n) is 8.74. The Kier molecular flexibility index (Phi) is 5.21. The Bertz CT molecular complexity index is 1110. The molecule has 0 spiro atoms. The van der Waals surface area contributed by atoms with Gasteiger partial charge in [-0.15, -0.1) is 0 Å². The number of aromatic nitrogens is 1. The predicted molar refractivity (Wildman–Crippen MR) is 112 cm³/mol. The van der Waals surface area contributed by atoms with Crippen LogP contribution in [0.25, 0.3) is 21.3 Å². The minimum Gasteiger partial charge on any atom is -0.497 e. The molecule has 0 aliphatic heterocycles. The number of para-hydroxylation sites is 1. The smallest absolute Gasteiger partial charge is 0.264 e. The molecule has 1 amide bonds. The molecule has 140 valence electrons. The molecule has 1 heterocycles. The van der Waals surface area contributed by atoms with Gasteiger partial charge in [0.05, 0.1) is 17.3 Å². The van der Waals surface area contributed by atoms with E-state index in [1.54, 1.807) is 7.11 Å². The first kappa shape index (κ1) is 18.0. The molecular weight excluding hydrogens is 372 g/mol. The summed E-state index contributed by atoms with van der Waals surface area (Å²) in [5, 5.41) is 3.34. The van der Waals surface area contributed by atoms with Crippen LogP contribution in [0.15, 0.2) is 72.8 Å². The summed E-state index contributed by atoms with van der Waals surface area (Å²) in [5.41, 5.74) is 2.80. The summed E-state index contributed by atoms with van der Waals surface area (Å²) < 4.78 is 11.9. The number of nitrogens with one attached hydrogen (secondary N) is 1. The van der Waals surface area contributed by atoms with Crippen molar-refractivity contribution in [3.63, 3.8) is 0 Å². The highest BCUT2D eigenvalue weighted by molar-refractivity contribution is 7.22. The summed E-state index contributed by atoms with van der Waals surface area (Å²) in [4.78, 5) is 16.8. The fourth-order valence-electron chi connectivity index (χ4n) is 2.83. The third-order valence-electron chi connectivity index (χ3n) is 4.17. The van der Waals surface area contributed by atoms with E-state index in [2.05, 4.69) is 10.3 Å². The molecule has 3 aromatic carbocycles. The Balaban J connectivity index is 1.44. The van der Waals surface area contributed by atoms with Crippen LogP contribution in [0.3, 0.4) is 0 Å². The van der Waals surface area contributed by atoms with Crippen LogP contribution in [0, 0.1) is 0 Å². The summed E-state index contributed by atoms with van der Waals surface area (Å²) in [6.45, 7) is -0.0942. The lowest BCUT2D eigenvalue weighted by molar-refractivity contribution is -0.118. The SMILES string of the molecule is COc1ccc2nc(NC(=O)COc3ccccc3-c3ccccc3)sc2c1. The van der Waals surface area contributed by atoms with Gasteiger partial charge in [-0.3, -0.25) is 10.1 Å². The van der Waals surface area contributed by atoms with Gasteiger partial charge in [0.2, 0.25) is 0 Å². The maximum absolute atomic E-state index is 12.3. The van der Waals surface area contributed by atoms with Crippen LogP contribution in [0.1, 0.15) is 0 Å². The molecule has 5 nitrogen and oxygen atoms in total. The molecule has 0 atom stereocenters. The number of carbonyl (C=O) groups is 1. The second-order valence-electron chi connectivity index (χ2n) is 6.05. The van der Waals surface area contributed by atoms with Crippen molar-refractivity contribution >= 4 is 32.6 Å². The van der Waals surface area contributed by atoms with E-state index >= 15 is 0 Å². The summed E-state index contributed by atoms with van der Waals surface area (Å²) in [6, 6.07) is 23.2. The van der Waals surface area contributed by atoms with E-state index in [1.807, 2.05) is 72.8 Å². The van der Waals surface area contributed by atoms with Gasteiger partial charge in [0.1, 0.15) is 11.5 Å². The number of carbonyl (C=O) groups excluding carboxylic acids is 1. The van der Waals surface area contributed by atoms with Gasteiger partial charge in [0.15, 0.2) is 11.7 Å². The van der Waals surface area contributed by atoms with Crippen LogP contribution in [0.2, 0.25) is 0 Å². The summed E-state index contributed by atoms with van der Waals surface area (Å²) >= 11 is 1.40. The van der Waals surface area contributed by atoms with E-state index in [0.717, 1.165) is 27.1 Å². The highest BCUT2D eigenvalue weighted by atomic mass is 32.1. The fourth-order valence-corrected chi connectivity index (χ4v) is 3.74. The van der Waals surface area contributed by atoms with Crippen LogP contribution in [0.5, 0.6) is 11.5 Å². The summed E-state index contributed by atoms with van der Waals surface area (Å²) in [7, 11) is 1.62. The zero-order valence-electron chi connectivity index (χ0n) is 15.2. The van der Waals surface area contributed by atoms with Crippen molar-refractivity contribution in [2.45, 2.75) is 0 Å². The first-order valence-corrected chi connectivity index (χ1v) is 9.56. The van der Waals surface area contributed by atoms with E-state index in [1.165, 1.54) is 11.3 Å². The molecule has 0 unspecified atom stereocenters. The minimum absolute atomic E-state index is 0.0942. The second-order valence-corrected chi connectivity index (χ2v) is 7.08. The van der Waals surface area contributed by atoms with E-state index in [9.17, 15) is 4.79 Å². The van der Waals surface area contributed by atoms with E-state index in [-0.39, 0.29) is 12.5 Å². The van der Waals surface area contributed by atoms with Gasteiger partial charge in [-0.25, -0.2) is 4.98 Å². The van der Waals surface area contributed by atoms with Crippen molar-refractivity contribution in [2.75, 3.05) is 19.0 Å². The normalized spacial score (nSPS) is 10.6. The predicted octanol–water partition coefficient (Wildman–Crippen LogP) is 4.99. The van der Waals surface area contributed by atoms with Crippen molar-refractivity contribution in [1.29, 1.82) is 0 Å². The number of fused-ring (bicyclic) bond motifs is 1. The van der Waals surface area contributed by atoms with Gasteiger partial charge >= 0.3 is 0 Å². The van der Waals surface area contributed by atoms with Gasteiger partial charge in [-0.1, -0.05) is 59.9 Å². The number of anilines is 1. The van der Waals surface area contributed by atoms with Crippen molar-refractivity contribution in [2.24, 2.45) is 0 Å². The Morgan fingerprint density at radius 3 is 2.64 bits per heavy atom. The van der Waals surface area contributed by atoms with Crippen LogP contribution in [-0.4, -0.2) is 24.6 Å². The Morgan fingerprint density at radius 2 is 1.82 bits per heavy atom. The average Bonchev–Trinajstić information content (AvgIpc) is 3.14. The monoisotopic (exact) mass is 390 g/mol. The molecule has 0 aliphatic rings. The zero-order chi connectivity index (χ0) is 19.3. The third kappa shape index (κ3) is 3.97. The third-order valence-corrected chi connectivity index (χ3v) is 5.11. The Hall–Kier alpha value is -3.38. The minimum atomic E-state index is -0.256. The van der Waals surface area contributed by atoms with Crippen molar-refractivity contribution in [3.05, 3.63) is 72.8 Å². The number of hydrogen-bond acceptors (Lipinski definition) is 5. The molecule has 1 N–H and O–H groups in total. The first-order chi connectivity index (χ1) is 13.7. The van der Waals surface area contributed by atoms with Gasteiger partial charge in [0, 0.05) is 5.56 Å². The lowest BCUT2D eigenvalue weighted by Gasteiger charge is -2.11. The molecule has 0 fully saturated rings. The molecule has 4 rings (SSSR count). The zero-order valence-corrected chi connectivity index (χ0v) is 16.0. The fraction of sp³-hybridized carbons (Fsp3) is 0.0909. The lowest BCUT2D eigenvalue weighted by Crippen LogP contribution is -2.20. The number of thiazole rings is 1. The summed E-state index contributed by atoms with van der Waals surface area (Å²) in [5.74, 6) is 1.17. The molecule has 28 heavy (non-hydrogen) atoms. The number of amides is 1. The van der Waals surface area contributed by atoms with Gasteiger partial charge in [0.25, 0.3) is 5.91 Å².